The molecule has 0 saturated carbocycles. The molecule has 1 nitrogen and oxygen atoms in total. The van der Waals surface area contributed by atoms with E-state index in [1.54, 1.807) is 0 Å². The van der Waals surface area contributed by atoms with Gasteiger partial charge in [-0.2, -0.15) is 0 Å². The summed E-state index contributed by atoms with van der Waals surface area (Å²) in [4.78, 5) is 2.87. The zero-order valence-corrected chi connectivity index (χ0v) is 14.9. The summed E-state index contributed by atoms with van der Waals surface area (Å²) in [5.74, 6) is 0. The van der Waals surface area contributed by atoms with Crippen LogP contribution in [-0.2, 0) is 6.42 Å². The fourth-order valence-electron chi connectivity index (χ4n) is 1.75. The van der Waals surface area contributed by atoms with Gasteiger partial charge >= 0.3 is 0 Å². The van der Waals surface area contributed by atoms with E-state index in [0.29, 0.717) is 5.41 Å². The molecule has 0 unspecified atom stereocenters. The standard InChI is InChI=1S/C15H26BrNS/c1-11-9-12(16)13(18-11)7-8-15(5,6)10-17-14(2,3)4/h9,17H,7-8,10H2,1-6H3. The molecule has 0 aliphatic carbocycles. The van der Waals surface area contributed by atoms with Crippen LogP contribution in [0.5, 0.6) is 0 Å². The first kappa shape index (κ1) is 16.2. The molecule has 1 aromatic rings. The lowest BCUT2D eigenvalue weighted by molar-refractivity contribution is 0.274. The molecular formula is C15H26BrNS. The number of halogens is 1. The van der Waals surface area contributed by atoms with Crippen LogP contribution in [-0.4, -0.2) is 12.1 Å². The van der Waals surface area contributed by atoms with Gasteiger partial charge in [-0.25, -0.2) is 0 Å². The fourth-order valence-corrected chi connectivity index (χ4v) is 3.61. The Morgan fingerprint density at radius 3 is 2.28 bits per heavy atom. The van der Waals surface area contributed by atoms with Crippen LogP contribution in [0.3, 0.4) is 0 Å². The molecule has 0 aromatic carbocycles. The van der Waals surface area contributed by atoms with Gasteiger partial charge in [-0.05, 0) is 67.9 Å². The second-order valence-electron chi connectivity index (χ2n) is 6.90. The van der Waals surface area contributed by atoms with E-state index >= 15 is 0 Å². The van der Waals surface area contributed by atoms with Gasteiger partial charge in [-0.1, -0.05) is 13.8 Å². The first-order valence-electron chi connectivity index (χ1n) is 6.59. The maximum Gasteiger partial charge on any atom is 0.0317 e. The van der Waals surface area contributed by atoms with Gasteiger partial charge in [0.15, 0.2) is 0 Å². The molecule has 0 radical (unpaired) electrons. The van der Waals surface area contributed by atoms with Gasteiger partial charge in [0.1, 0.15) is 0 Å². The van der Waals surface area contributed by atoms with Crippen LogP contribution in [0.25, 0.3) is 0 Å². The van der Waals surface area contributed by atoms with Crippen LogP contribution in [0.4, 0.5) is 0 Å². The largest absolute Gasteiger partial charge is 0.312 e. The summed E-state index contributed by atoms with van der Waals surface area (Å²) in [7, 11) is 0. The highest BCUT2D eigenvalue weighted by Gasteiger charge is 2.21. The monoisotopic (exact) mass is 331 g/mol. The number of hydrogen-bond acceptors (Lipinski definition) is 2. The van der Waals surface area contributed by atoms with E-state index < -0.39 is 0 Å². The molecule has 104 valence electrons. The molecule has 1 heterocycles. The van der Waals surface area contributed by atoms with Crippen molar-refractivity contribution in [1.82, 2.24) is 5.32 Å². The van der Waals surface area contributed by atoms with Crippen molar-refractivity contribution in [1.29, 1.82) is 0 Å². The minimum absolute atomic E-state index is 0.206. The minimum atomic E-state index is 0.206. The number of rotatable bonds is 5. The summed E-state index contributed by atoms with van der Waals surface area (Å²) >= 11 is 5.56. The molecular weight excluding hydrogens is 306 g/mol. The molecule has 0 bridgehead atoms. The lowest BCUT2D eigenvalue weighted by atomic mass is 9.86. The zero-order valence-electron chi connectivity index (χ0n) is 12.5. The van der Waals surface area contributed by atoms with Crippen LogP contribution in [0.2, 0.25) is 0 Å². The number of thiophene rings is 1. The second kappa shape index (κ2) is 6.06. The van der Waals surface area contributed by atoms with Crippen LogP contribution >= 0.6 is 27.3 Å². The molecule has 1 rings (SSSR count). The molecule has 0 amide bonds. The van der Waals surface area contributed by atoms with Gasteiger partial charge in [0.25, 0.3) is 0 Å². The van der Waals surface area contributed by atoms with Gasteiger partial charge in [-0.15, -0.1) is 11.3 Å². The first-order valence-corrected chi connectivity index (χ1v) is 8.20. The summed E-state index contributed by atoms with van der Waals surface area (Å²) in [6.07, 6.45) is 2.38. The fraction of sp³-hybridized carbons (Fsp3) is 0.733. The molecule has 0 saturated heterocycles. The Hall–Kier alpha value is 0.140. The van der Waals surface area contributed by atoms with Crippen molar-refractivity contribution in [2.75, 3.05) is 6.54 Å². The third kappa shape index (κ3) is 5.85. The molecule has 3 heteroatoms. The lowest BCUT2D eigenvalue weighted by Gasteiger charge is -2.30. The van der Waals surface area contributed by atoms with Crippen molar-refractivity contribution < 1.29 is 0 Å². The Balaban J connectivity index is 2.48. The summed E-state index contributed by atoms with van der Waals surface area (Å²) in [6, 6.07) is 2.22. The van der Waals surface area contributed by atoms with Crippen molar-refractivity contribution in [2.45, 2.75) is 59.9 Å². The predicted octanol–water partition coefficient (Wildman–Crippen LogP) is 5.17. The van der Waals surface area contributed by atoms with E-state index in [-0.39, 0.29) is 5.54 Å². The molecule has 0 atom stereocenters. The number of nitrogens with one attached hydrogen (secondary N) is 1. The van der Waals surface area contributed by atoms with Gasteiger partial charge in [0.05, 0.1) is 0 Å². The maximum absolute atomic E-state index is 3.65. The molecule has 0 spiro atoms. The molecule has 18 heavy (non-hydrogen) atoms. The van der Waals surface area contributed by atoms with E-state index in [9.17, 15) is 0 Å². The predicted molar refractivity (Wildman–Crippen MR) is 86.6 cm³/mol. The lowest BCUT2D eigenvalue weighted by Crippen LogP contribution is -2.42. The molecule has 0 aliphatic heterocycles. The average molecular weight is 332 g/mol. The molecule has 1 N–H and O–H groups in total. The third-order valence-electron chi connectivity index (χ3n) is 3.01. The molecule has 0 aliphatic rings. The van der Waals surface area contributed by atoms with Crippen molar-refractivity contribution in [3.8, 4) is 0 Å². The Morgan fingerprint density at radius 1 is 1.22 bits per heavy atom. The summed E-state index contributed by atoms with van der Waals surface area (Å²) in [5, 5.41) is 3.61. The van der Waals surface area contributed by atoms with Crippen molar-refractivity contribution in [3.05, 3.63) is 20.3 Å². The topological polar surface area (TPSA) is 12.0 Å². The van der Waals surface area contributed by atoms with E-state index in [2.05, 4.69) is 68.9 Å². The van der Waals surface area contributed by atoms with Crippen molar-refractivity contribution in [2.24, 2.45) is 5.41 Å². The van der Waals surface area contributed by atoms with E-state index in [1.165, 1.54) is 20.6 Å². The van der Waals surface area contributed by atoms with Crippen molar-refractivity contribution in [3.63, 3.8) is 0 Å². The van der Waals surface area contributed by atoms with Crippen LogP contribution in [0.1, 0.15) is 50.8 Å². The van der Waals surface area contributed by atoms with Gasteiger partial charge in [-0.3, -0.25) is 0 Å². The zero-order chi connectivity index (χ0) is 14.0. The van der Waals surface area contributed by atoms with Crippen LogP contribution in [0, 0.1) is 12.3 Å². The van der Waals surface area contributed by atoms with Crippen molar-refractivity contribution >= 4 is 27.3 Å². The molecule has 0 fully saturated rings. The number of hydrogen-bond donors (Lipinski definition) is 1. The van der Waals surface area contributed by atoms with Crippen LogP contribution < -0.4 is 5.32 Å². The normalized spacial score (nSPS) is 13.1. The van der Waals surface area contributed by atoms with E-state index in [0.717, 1.165) is 13.0 Å². The van der Waals surface area contributed by atoms with Gasteiger partial charge in [0.2, 0.25) is 0 Å². The highest BCUT2D eigenvalue weighted by atomic mass is 79.9. The highest BCUT2D eigenvalue weighted by molar-refractivity contribution is 9.10. The Kier molecular flexibility index (Phi) is 5.45. The minimum Gasteiger partial charge on any atom is -0.312 e. The smallest absolute Gasteiger partial charge is 0.0317 e. The highest BCUT2D eigenvalue weighted by Crippen LogP contribution is 2.31. The Labute approximate surface area is 125 Å². The average Bonchev–Trinajstić information content (AvgIpc) is 2.51. The van der Waals surface area contributed by atoms with E-state index in [4.69, 9.17) is 0 Å². The first-order chi connectivity index (χ1) is 8.09. The SMILES string of the molecule is Cc1cc(Br)c(CCC(C)(C)CNC(C)(C)C)s1. The Morgan fingerprint density at radius 2 is 1.83 bits per heavy atom. The van der Waals surface area contributed by atoms with Gasteiger partial charge < -0.3 is 5.32 Å². The van der Waals surface area contributed by atoms with Gasteiger partial charge in [0, 0.05) is 26.3 Å². The quantitative estimate of drug-likeness (QED) is 0.785. The summed E-state index contributed by atoms with van der Waals surface area (Å²) in [6.45, 7) is 14.6. The second-order valence-corrected chi connectivity index (χ2v) is 9.09. The molecule has 1 aromatic heterocycles. The van der Waals surface area contributed by atoms with Crippen LogP contribution in [0.15, 0.2) is 10.5 Å². The number of aryl methyl sites for hydroxylation is 2. The summed E-state index contributed by atoms with van der Waals surface area (Å²) in [5.41, 5.74) is 0.544. The Bertz CT molecular complexity index is 388. The third-order valence-corrected chi connectivity index (χ3v) is 5.09. The van der Waals surface area contributed by atoms with E-state index in [1.807, 2.05) is 11.3 Å². The summed E-state index contributed by atoms with van der Waals surface area (Å²) < 4.78 is 1.28. The maximum atomic E-state index is 3.65.